The summed E-state index contributed by atoms with van der Waals surface area (Å²) in [6.07, 6.45) is 2.98. The number of carbonyl (C=O) groups is 2. The molecule has 0 radical (unpaired) electrons. The number of hydrogen-bond acceptors (Lipinski definition) is 3. The molecule has 3 unspecified atom stereocenters. The Bertz CT molecular complexity index is 509. The summed E-state index contributed by atoms with van der Waals surface area (Å²) < 4.78 is 6.15. The molecular weight excluding hydrogens is 332 g/mol. The molecule has 1 aromatic rings. The zero-order valence-corrected chi connectivity index (χ0v) is 14.1. The van der Waals surface area contributed by atoms with Crippen molar-refractivity contribution in [1.82, 2.24) is 0 Å². The molecule has 0 saturated heterocycles. The van der Waals surface area contributed by atoms with E-state index in [2.05, 4.69) is 29.8 Å². The van der Waals surface area contributed by atoms with Gasteiger partial charge in [0, 0.05) is 10.0 Å². The van der Waals surface area contributed by atoms with Crippen LogP contribution in [0.15, 0.2) is 28.7 Å². The molecule has 4 heteroatoms. The van der Waals surface area contributed by atoms with Crippen molar-refractivity contribution in [3.8, 4) is 0 Å². The summed E-state index contributed by atoms with van der Waals surface area (Å²) in [6, 6.07) is 7.07. The van der Waals surface area contributed by atoms with Gasteiger partial charge in [-0.2, -0.15) is 0 Å². The predicted octanol–water partition coefficient (Wildman–Crippen LogP) is 4.25. The fourth-order valence-electron chi connectivity index (χ4n) is 2.98. The third-order valence-corrected chi connectivity index (χ3v) is 4.77. The van der Waals surface area contributed by atoms with Crippen LogP contribution in [0.25, 0.3) is 0 Å². The number of hydrogen-bond donors (Lipinski definition) is 0. The van der Waals surface area contributed by atoms with Crippen LogP contribution in [0.4, 0.5) is 0 Å². The van der Waals surface area contributed by atoms with Crippen molar-refractivity contribution in [2.45, 2.75) is 33.1 Å². The highest BCUT2D eigenvalue weighted by Gasteiger charge is 2.32. The lowest BCUT2D eigenvalue weighted by Crippen LogP contribution is -2.31. The number of rotatable bonds is 4. The fraction of sp³-hybridized carbons (Fsp3) is 0.529. The van der Waals surface area contributed by atoms with Gasteiger partial charge >= 0.3 is 5.97 Å². The van der Waals surface area contributed by atoms with Crippen LogP contribution in [0, 0.1) is 17.8 Å². The zero-order valence-electron chi connectivity index (χ0n) is 12.5. The maximum absolute atomic E-state index is 12.1. The molecule has 114 valence electrons. The van der Waals surface area contributed by atoms with Crippen molar-refractivity contribution >= 4 is 27.7 Å². The number of ether oxygens (including phenoxy) is 1. The van der Waals surface area contributed by atoms with Crippen molar-refractivity contribution in [1.29, 1.82) is 0 Å². The molecule has 1 fully saturated rings. The molecule has 0 N–H and O–H groups in total. The summed E-state index contributed by atoms with van der Waals surface area (Å²) >= 11 is 3.32. The number of benzene rings is 1. The van der Waals surface area contributed by atoms with Crippen LogP contribution < -0.4 is 0 Å². The highest BCUT2D eigenvalue weighted by atomic mass is 79.9. The van der Waals surface area contributed by atoms with Gasteiger partial charge in [-0.05, 0) is 43.2 Å². The lowest BCUT2D eigenvalue weighted by Gasteiger charge is -2.30. The minimum atomic E-state index is -0.222. The number of Topliss-reactive ketones (excluding diaryl/α,β-unsaturated/α-hetero) is 1. The van der Waals surface area contributed by atoms with Gasteiger partial charge in [0.15, 0.2) is 12.4 Å². The second-order valence-corrected chi connectivity index (χ2v) is 6.96. The van der Waals surface area contributed by atoms with E-state index in [-0.39, 0.29) is 24.3 Å². The van der Waals surface area contributed by atoms with Gasteiger partial charge in [-0.3, -0.25) is 9.59 Å². The molecule has 1 aliphatic carbocycles. The molecule has 0 heterocycles. The second-order valence-electron chi connectivity index (χ2n) is 6.04. The van der Waals surface area contributed by atoms with Gasteiger partial charge in [-0.1, -0.05) is 41.9 Å². The topological polar surface area (TPSA) is 43.4 Å². The Hall–Kier alpha value is -1.16. The predicted molar refractivity (Wildman–Crippen MR) is 85.1 cm³/mol. The van der Waals surface area contributed by atoms with E-state index in [1.165, 1.54) is 0 Å². The van der Waals surface area contributed by atoms with E-state index < -0.39 is 0 Å². The first-order chi connectivity index (χ1) is 9.97. The molecule has 0 spiro atoms. The molecule has 0 bridgehead atoms. The number of ketones is 1. The lowest BCUT2D eigenvalue weighted by molar-refractivity contribution is -0.150. The minimum Gasteiger partial charge on any atom is -0.457 e. The summed E-state index contributed by atoms with van der Waals surface area (Å²) in [5.74, 6) is 0.573. The Morgan fingerprint density at radius 3 is 2.48 bits per heavy atom. The van der Waals surface area contributed by atoms with Crippen LogP contribution in [0.1, 0.15) is 43.5 Å². The quantitative estimate of drug-likeness (QED) is 0.600. The first kappa shape index (κ1) is 16.2. The smallest absolute Gasteiger partial charge is 0.309 e. The molecule has 3 nitrogen and oxygen atoms in total. The van der Waals surface area contributed by atoms with Crippen LogP contribution in [0.3, 0.4) is 0 Å². The molecule has 2 rings (SSSR count). The van der Waals surface area contributed by atoms with Crippen LogP contribution in [-0.2, 0) is 9.53 Å². The van der Waals surface area contributed by atoms with E-state index in [1.54, 1.807) is 24.3 Å². The van der Waals surface area contributed by atoms with E-state index in [4.69, 9.17) is 4.74 Å². The molecule has 0 aliphatic heterocycles. The molecule has 21 heavy (non-hydrogen) atoms. The molecule has 1 aliphatic rings. The Kier molecular flexibility index (Phi) is 5.57. The maximum atomic E-state index is 12.1. The highest BCUT2D eigenvalue weighted by Crippen LogP contribution is 2.34. The molecule has 0 aromatic heterocycles. The molecule has 0 amide bonds. The van der Waals surface area contributed by atoms with E-state index in [0.717, 1.165) is 23.7 Å². The fourth-order valence-corrected chi connectivity index (χ4v) is 3.24. The van der Waals surface area contributed by atoms with Crippen LogP contribution in [-0.4, -0.2) is 18.4 Å². The lowest BCUT2D eigenvalue weighted by atomic mass is 9.76. The van der Waals surface area contributed by atoms with Crippen molar-refractivity contribution in [2.75, 3.05) is 6.61 Å². The first-order valence-electron chi connectivity index (χ1n) is 7.42. The Morgan fingerprint density at radius 1 is 1.19 bits per heavy atom. The summed E-state index contributed by atoms with van der Waals surface area (Å²) in [6.45, 7) is 4.15. The van der Waals surface area contributed by atoms with Gasteiger partial charge in [0.05, 0.1) is 5.92 Å². The summed E-state index contributed by atoms with van der Waals surface area (Å²) in [4.78, 5) is 24.1. The van der Waals surface area contributed by atoms with E-state index >= 15 is 0 Å². The van der Waals surface area contributed by atoms with E-state index in [0.29, 0.717) is 17.4 Å². The summed E-state index contributed by atoms with van der Waals surface area (Å²) in [5, 5.41) is 0. The molecule has 3 atom stereocenters. The van der Waals surface area contributed by atoms with Gasteiger partial charge < -0.3 is 4.74 Å². The molecule has 1 aromatic carbocycles. The van der Waals surface area contributed by atoms with Gasteiger partial charge in [0.25, 0.3) is 0 Å². The normalized spacial score (nSPS) is 25.4. The van der Waals surface area contributed by atoms with Crippen molar-refractivity contribution in [3.05, 3.63) is 34.3 Å². The third kappa shape index (κ3) is 4.40. The Morgan fingerprint density at radius 2 is 1.86 bits per heavy atom. The van der Waals surface area contributed by atoms with Crippen molar-refractivity contribution in [3.63, 3.8) is 0 Å². The zero-order chi connectivity index (χ0) is 15.4. The van der Waals surface area contributed by atoms with Crippen LogP contribution in [0.5, 0.6) is 0 Å². The van der Waals surface area contributed by atoms with Gasteiger partial charge in [-0.25, -0.2) is 0 Å². The highest BCUT2D eigenvalue weighted by molar-refractivity contribution is 9.10. The minimum absolute atomic E-state index is 0.0566. The summed E-state index contributed by atoms with van der Waals surface area (Å²) in [7, 11) is 0. The van der Waals surface area contributed by atoms with E-state index in [1.807, 2.05) is 0 Å². The average molecular weight is 353 g/mol. The SMILES string of the molecule is CC1CCC(C(=O)OCC(=O)c2ccc(Br)cc2)C(C)C1. The molecule has 1 saturated carbocycles. The standard InChI is InChI=1S/C17H21BrO3/c1-11-3-8-15(12(2)9-11)17(20)21-10-16(19)13-4-6-14(18)7-5-13/h4-7,11-12,15H,3,8-10H2,1-2H3. The van der Waals surface area contributed by atoms with Gasteiger partial charge in [0.1, 0.15) is 0 Å². The van der Waals surface area contributed by atoms with Crippen LogP contribution >= 0.6 is 15.9 Å². The number of halogens is 1. The molecular formula is C17H21BrO3. The van der Waals surface area contributed by atoms with Crippen molar-refractivity contribution < 1.29 is 14.3 Å². The Labute approximate surface area is 134 Å². The maximum Gasteiger partial charge on any atom is 0.309 e. The van der Waals surface area contributed by atoms with E-state index in [9.17, 15) is 9.59 Å². The van der Waals surface area contributed by atoms with Crippen LogP contribution in [0.2, 0.25) is 0 Å². The monoisotopic (exact) mass is 352 g/mol. The third-order valence-electron chi connectivity index (χ3n) is 4.25. The summed E-state index contributed by atoms with van der Waals surface area (Å²) in [5.41, 5.74) is 0.566. The Balaban J connectivity index is 1.86. The number of esters is 1. The first-order valence-corrected chi connectivity index (χ1v) is 8.22. The van der Waals surface area contributed by atoms with Gasteiger partial charge in [0.2, 0.25) is 0 Å². The average Bonchev–Trinajstić information content (AvgIpc) is 2.45. The van der Waals surface area contributed by atoms with Gasteiger partial charge in [-0.15, -0.1) is 0 Å². The second kappa shape index (κ2) is 7.21. The largest absolute Gasteiger partial charge is 0.457 e. The van der Waals surface area contributed by atoms with Crippen molar-refractivity contribution in [2.24, 2.45) is 17.8 Å². The number of carbonyl (C=O) groups excluding carboxylic acids is 2.